The first kappa shape index (κ1) is 19.5. The number of nitrogens with one attached hydrogen (secondary N) is 2. The Kier molecular flexibility index (Phi) is 6.55. The summed E-state index contributed by atoms with van der Waals surface area (Å²) in [5.74, 6) is 0.182. The minimum absolute atomic E-state index is 0.0903. The predicted molar refractivity (Wildman–Crippen MR) is 103 cm³/mol. The molecule has 2 N–H and O–H groups in total. The Balaban J connectivity index is 2.22. The SMILES string of the molecule is COc1cccc(C=C(C#N)C(=O)Nc2ccc(NC(C)=O)cc2)c1OC. The lowest BCUT2D eigenvalue weighted by atomic mass is 10.1. The van der Waals surface area contributed by atoms with Crippen molar-refractivity contribution in [2.75, 3.05) is 24.9 Å². The third-order valence-corrected chi connectivity index (χ3v) is 3.56. The molecule has 2 amide bonds. The average molecular weight is 365 g/mol. The predicted octanol–water partition coefficient (Wildman–Crippen LogP) is 3.21. The van der Waals surface area contributed by atoms with E-state index >= 15 is 0 Å². The summed E-state index contributed by atoms with van der Waals surface area (Å²) in [5.41, 5.74) is 1.56. The van der Waals surface area contributed by atoms with Crippen LogP contribution in [-0.4, -0.2) is 26.0 Å². The number of benzene rings is 2. The van der Waals surface area contributed by atoms with Gasteiger partial charge in [0.1, 0.15) is 11.6 Å². The van der Waals surface area contributed by atoms with E-state index in [1.807, 2.05) is 6.07 Å². The Bertz CT molecular complexity index is 912. The number of carbonyl (C=O) groups is 2. The Morgan fingerprint density at radius 2 is 1.63 bits per heavy atom. The lowest BCUT2D eigenvalue weighted by Gasteiger charge is -2.10. The van der Waals surface area contributed by atoms with Gasteiger partial charge in [0.15, 0.2) is 11.5 Å². The number of nitriles is 1. The molecule has 0 aliphatic heterocycles. The minimum atomic E-state index is -0.561. The van der Waals surface area contributed by atoms with Crippen molar-refractivity contribution in [3.63, 3.8) is 0 Å². The molecule has 0 saturated carbocycles. The molecule has 138 valence electrons. The highest BCUT2D eigenvalue weighted by Crippen LogP contribution is 2.32. The summed E-state index contributed by atoms with van der Waals surface area (Å²) >= 11 is 0. The molecule has 27 heavy (non-hydrogen) atoms. The lowest BCUT2D eigenvalue weighted by Crippen LogP contribution is -2.13. The molecule has 0 heterocycles. The number of hydrogen-bond acceptors (Lipinski definition) is 5. The van der Waals surface area contributed by atoms with Crippen LogP contribution in [0.5, 0.6) is 11.5 Å². The van der Waals surface area contributed by atoms with Crippen molar-refractivity contribution in [2.45, 2.75) is 6.92 Å². The molecule has 0 unspecified atom stereocenters. The smallest absolute Gasteiger partial charge is 0.266 e. The molecule has 2 rings (SSSR count). The van der Waals surface area contributed by atoms with Crippen molar-refractivity contribution in [3.8, 4) is 17.6 Å². The zero-order valence-corrected chi connectivity index (χ0v) is 15.2. The molecule has 0 atom stereocenters. The maximum atomic E-state index is 12.4. The Hall–Kier alpha value is -3.79. The van der Waals surface area contributed by atoms with Crippen LogP contribution in [0.15, 0.2) is 48.0 Å². The van der Waals surface area contributed by atoms with E-state index in [0.29, 0.717) is 28.4 Å². The number of nitrogens with zero attached hydrogens (tertiary/aromatic N) is 1. The monoisotopic (exact) mass is 365 g/mol. The zero-order valence-electron chi connectivity index (χ0n) is 15.2. The summed E-state index contributed by atoms with van der Waals surface area (Å²) in [6.45, 7) is 1.41. The molecule has 0 spiro atoms. The first-order valence-corrected chi connectivity index (χ1v) is 8.00. The zero-order chi connectivity index (χ0) is 19.8. The highest BCUT2D eigenvalue weighted by molar-refractivity contribution is 6.10. The lowest BCUT2D eigenvalue weighted by molar-refractivity contribution is -0.114. The van der Waals surface area contributed by atoms with Crippen LogP contribution in [0.4, 0.5) is 11.4 Å². The fraction of sp³-hybridized carbons (Fsp3) is 0.150. The summed E-state index contributed by atoms with van der Waals surface area (Å²) < 4.78 is 10.5. The third-order valence-electron chi connectivity index (χ3n) is 3.56. The number of amides is 2. The van der Waals surface area contributed by atoms with Crippen molar-refractivity contribution in [3.05, 3.63) is 53.6 Å². The number of rotatable bonds is 6. The molecule has 0 aliphatic carbocycles. The van der Waals surface area contributed by atoms with Gasteiger partial charge in [-0.25, -0.2) is 0 Å². The highest BCUT2D eigenvalue weighted by Gasteiger charge is 2.13. The number of methoxy groups -OCH3 is 2. The van der Waals surface area contributed by atoms with Crippen LogP contribution in [0.25, 0.3) is 6.08 Å². The number of carbonyl (C=O) groups excluding carboxylic acids is 2. The van der Waals surface area contributed by atoms with Crippen LogP contribution >= 0.6 is 0 Å². The second-order valence-electron chi connectivity index (χ2n) is 5.47. The summed E-state index contributed by atoms with van der Waals surface area (Å²) in [4.78, 5) is 23.5. The van der Waals surface area contributed by atoms with E-state index < -0.39 is 5.91 Å². The van der Waals surface area contributed by atoms with Gasteiger partial charge < -0.3 is 20.1 Å². The van der Waals surface area contributed by atoms with Crippen molar-refractivity contribution >= 4 is 29.3 Å². The summed E-state index contributed by atoms with van der Waals surface area (Å²) in [5, 5.41) is 14.7. The normalized spacial score (nSPS) is 10.5. The van der Waals surface area contributed by atoms with E-state index in [9.17, 15) is 14.9 Å². The van der Waals surface area contributed by atoms with E-state index in [1.54, 1.807) is 42.5 Å². The molecule has 2 aromatic carbocycles. The van der Waals surface area contributed by atoms with Gasteiger partial charge >= 0.3 is 0 Å². The fourth-order valence-electron chi connectivity index (χ4n) is 2.37. The van der Waals surface area contributed by atoms with Crippen LogP contribution in [0.2, 0.25) is 0 Å². The number of ether oxygens (including phenoxy) is 2. The first-order valence-electron chi connectivity index (χ1n) is 8.00. The highest BCUT2D eigenvalue weighted by atomic mass is 16.5. The van der Waals surface area contributed by atoms with Crippen LogP contribution in [0, 0.1) is 11.3 Å². The third kappa shape index (κ3) is 5.09. The van der Waals surface area contributed by atoms with Crippen LogP contribution in [-0.2, 0) is 9.59 Å². The van der Waals surface area contributed by atoms with Gasteiger partial charge in [-0.1, -0.05) is 12.1 Å². The molecule has 0 bridgehead atoms. The van der Waals surface area contributed by atoms with Gasteiger partial charge in [0.25, 0.3) is 5.91 Å². The molecule has 0 fully saturated rings. The van der Waals surface area contributed by atoms with Gasteiger partial charge in [-0.15, -0.1) is 0 Å². The van der Waals surface area contributed by atoms with Gasteiger partial charge in [0, 0.05) is 23.9 Å². The second kappa shape index (κ2) is 9.06. The quantitative estimate of drug-likeness (QED) is 0.605. The molecule has 7 nitrogen and oxygen atoms in total. The maximum Gasteiger partial charge on any atom is 0.266 e. The van der Waals surface area contributed by atoms with E-state index in [4.69, 9.17) is 9.47 Å². The van der Waals surface area contributed by atoms with Crippen LogP contribution < -0.4 is 20.1 Å². The molecule has 0 aromatic heterocycles. The van der Waals surface area contributed by atoms with Crippen molar-refractivity contribution < 1.29 is 19.1 Å². The minimum Gasteiger partial charge on any atom is -0.493 e. The van der Waals surface area contributed by atoms with Gasteiger partial charge in [-0.3, -0.25) is 9.59 Å². The van der Waals surface area contributed by atoms with Crippen molar-refractivity contribution in [1.29, 1.82) is 5.26 Å². The summed E-state index contributed by atoms with van der Waals surface area (Å²) in [6, 6.07) is 13.6. The molecule has 0 radical (unpaired) electrons. The largest absolute Gasteiger partial charge is 0.493 e. The van der Waals surface area contributed by atoms with E-state index in [2.05, 4.69) is 10.6 Å². The van der Waals surface area contributed by atoms with Gasteiger partial charge in [0.05, 0.1) is 14.2 Å². The van der Waals surface area contributed by atoms with E-state index in [0.717, 1.165) is 0 Å². The number of para-hydroxylation sites is 1. The molecular formula is C20H19N3O4. The molecule has 0 saturated heterocycles. The summed E-state index contributed by atoms with van der Waals surface area (Å²) in [7, 11) is 2.99. The maximum absolute atomic E-state index is 12.4. The summed E-state index contributed by atoms with van der Waals surface area (Å²) in [6.07, 6.45) is 1.43. The molecule has 7 heteroatoms. The van der Waals surface area contributed by atoms with Gasteiger partial charge in [0.2, 0.25) is 5.91 Å². The Morgan fingerprint density at radius 1 is 1.00 bits per heavy atom. The molecule has 2 aromatic rings. The standard InChI is InChI=1S/C20H19N3O4/c1-13(24)22-16-7-9-17(10-8-16)23-20(25)15(12-21)11-14-5-4-6-18(26-2)19(14)27-3/h4-11H,1-3H3,(H,22,24)(H,23,25). The fourth-order valence-corrected chi connectivity index (χ4v) is 2.37. The topological polar surface area (TPSA) is 100 Å². The Morgan fingerprint density at radius 3 is 2.15 bits per heavy atom. The first-order chi connectivity index (χ1) is 13.0. The van der Waals surface area contributed by atoms with Gasteiger partial charge in [-0.05, 0) is 36.4 Å². The van der Waals surface area contributed by atoms with E-state index in [-0.39, 0.29) is 11.5 Å². The number of hydrogen-bond donors (Lipinski definition) is 2. The Labute approximate surface area is 157 Å². The van der Waals surface area contributed by atoms with Crippen molar-refractivity contribution in [2.24, 2.45) is 0 Å². The number of anilines is 2. The van der Waals surface area contributed by atoms with Gasteiger partial charge in [-0.2, -0.15) is 5.26 Å². The average Bonchev–Trinajstić information content (AvgIpc) is 2.66. The van der Waals surface area contributed by atoms with Crippen LogP contribution in [0.1, 0.15) is 12.5 Å². The van der Waals surface area contributed by atoms with E-state index in [1.165, 1.54) is 27.2 Å². The molecule has 0 aliphatic rings. The van der Waals surface area contributed by atoms with Crippen LogP contribution in [0.3, 0.4) is 0 Å². The molecular weight excluding hydrogens is 346 g/mol. The van der Waals surface area contributed by atoms with Crippen molar-refractivity contribution in [1.82, 2.24) is 0 Å². The second-order valence-corrected chi connectivity index (χ2v) is 5.47.